The molecule has 112 valence electrons. The zero-order valence-electron chi connectivity index (χ0n) is 13.2. The molecule has 6 rings (SSSR count). The van der Waals surface area contributed by atoms with Gasteiger partial charge in [-0.1, -0.05) is 54.6 Å². The van der Waals surface area contributed by atoms with Gasteiger partial charge in [-0.2, -0.15) is 0 Å². The highest BCUT2D eigenvalue weighted by molar-refractivity contribution is 5.63. The summed E-state index contributed by atoms with van der Waals surface area (Å²) in [5.74, 6) is 3.08. The lowest BCUT2D eigenvalue weighted by molar-refractivity contribution is -0.00518. The molecule has 22 heavy (non-hydrogen) atoms. The Labute approximate surface area is 133 Å². The second kappa shape index (κ2) is 4.72. The first-order valence-electron chi connectivity index (χ1n) is 8.97. The fourth-order valence-electron chi connectivity index (χ4n) is 6.11. The van der Waals surface area contributed by atoms with Gasteiger partial charge >= 0.3 is 0 Å². The average Bonchev–Trinajstić information content (AvgIpc) is 2.55. The first-order chi connectivity index (χ1) is 10.8. The van der Waals surface area contributed by atoms with Crippen molar-refractivity contribution in [2.75, 3.05) is 0 Å². The van der Waals surface area contributed by atoms with Gasteiger partial charge < -0.3 is 0 Å². The number of hydrogen-bond acceptors (Lipinski definition) is 0. The van der Waals surface area contributed by atoms with Crippen LogP contribution < -0.4 is 0 Å². The van der Waals surface area contributed by atoms with E-state index in [0.29, 0.717) is 5.41 Å². The standard InChI is InChI=1S/C22H24/c1-2-4-19(5-3-1)20-6-8-21(9-7-20)22-13-16-10-17(14-22)12-18(11-16)15-22/h1-9,16-18H,10-15H2. The van der Waals surface area contributed by atoms with Crippen molar-refractivity contribution in [3.05, 3.63) is 60.2 Å². The molecule has 0 atom stereocenters. The highest BCUT2D eigenvalue weighted by atomic mass is 14.6. The van der Waals surface area contributed by atoms with E-state index >= 15 is 0 Å². The summed E-state index contributed by atoms with van der Waals surface area (Å²) in [4.78, 5) is 0. The third kappa shape index (κ3) is 1.96. The predicted molar refractivity (Wildman–Crippen MR) is 91.7 cm³/mol. The quantitative estimate of drug-likeness (QED) is 0.653. The van der Waals surface area contributed by atoms with Crippen molar-refractivity contribution < 1.29 is 0 Å². The fourth-order valence-corrected chi connectivity index (χ4v) is 6.11. The van der Waals surface area contributed by atoms with Crippen molar-refractivity contribution in [2.24, 2.45) is 17.8 Å². The van der Waals surface area contributed by atoms with Crippen molar-refractivity contribution in [3.8, 4) is 11.1 Å². The molecule has 4 fully saturated rings. The molecule has 2 aromatic rings. The highest BCUT2D eigenvalue weighted by Crippen LogP contribution is 2.60. The lowest BCUT2D eigenvalue weighted by Gasteiger charge is -2.57. The van der Waals surface area contributed by atoms with Crippen LogP contribution in [0, 0.1) is 17.8 Å². The molecule has 0 saturated heterocycles. The van der Waals surface area contributed by atoms with Crippen molar-refractivity contribution in [1.82, 2.24) is 0 Å². The molecule has 0 heteroatoms. The molecule has 4 saturated carbocycles. The molecule has 4 aliphatic rings. The van der Waals surface area contributed by atoms with Crippen LogP contribution in [0.3, 0.4) is 0 Å². The smallest absolute Gasteiger partial charge is 0.00391 e. The minimum Gasteiger partial charge on any atom is -0.0622 e. The van der Waals surface area contributed by atoms with E-state index in [1.807, 2.05) is 0 Å². The highest BCUT2D eigenvalue weighted by Gasteiger charge is 2.51. The number of hydrogen-bond donors (Lipinski definition) is 0. The number of benzene rings is 2. The van der Waals surface area contributed by atoms with Gasteiger partial charge in [0.25, 0.3) is 0 Å². The van der Waals surface area contributed by atoms with Gasteiger partial charge in [0.05, 0.1) is 0 Å². The molecular weight excluding hydrogens is 264 g/mol. The molecule has 4 aliphatic carbocycles. The van der Waals surface area contributed by atoms with Crippen LogP contribution in [-0.4, -0.2) is 0 Å². The van der Waals surface area contributed by atoms with Crippen LogP contribution in [0.2, 0.25) is 0 Å². The molecule has 0 unspecified atom stereocenters. The van der Waals surface area contributed by atoms with Crippen LogP contribution in [0.25, 0.3) is 11.1 Å². The largest absolute Gasteiger partial charge is 0.0622 e. The maximum absolute atomic E-state index is 2.44. The predicted octanol–water partition coefficient (Wildman–Crippen LogP) is 5.82. The normalized spacial score (nSPS) is 35.7. The summed E-state index contributed by atoms with van der Waals surface area (Å²) < 4.78 is 0. The van der Waals surface area contributed by atoms with E-state index in [4.69, 9.17) is 0 Å². The Morgan fingerprint density at radius 2 is 1.09 bits per heavy atom. The summed E-state index contributed by atoms with van der Waals surface area (Å²) in [5, 5.41) is 0. The minimum absolute atomic E-state index is 0.532. The van der Waals surface area contributed by atoms with Crippen LogP contribution in [0.5, 0.6) is 0 Å². The minimum atomic E-state index is 0.532. The van der Waals surface area contributed by atoms with Gasteiger partial charge in [0.2, 0.25) is 0 Å². The Morgan fingerprint density at radius 3 is 1.64 bits per heavy atom. The summed E-state index contributed by atoms with van der Waals surface area (Å²) in [7, 11) is 0. The van der Waals surface area contributed by atoms with E-state index in [-0.39, 0.29) is 0 Å². The van der Waals surface area contributed by atoms with Gasteiger partial charge in [-0.15, -0.1) is 0 Å². The molecule has 0 N–H and O–H groups in total. The van der Waals surface area contributed by atoms with Crippen LogP contribution in [0.4, 0.5) is 0 Å². The zero-order valence-corrected chi connectivity index (χ0v) is 13.2. The van der Waals surface area contributed by atoms with E-state index in [2.05, 4.69) is 54.6 Å². The lowest BCUT2D eigenvalue weighted by Crippen LogP contribution is -2.48. The lowest BCUT2D eigenvalue weighted by atomic mass is 9.48. The summed E-state index contributed by atoms with van der Waals surface area (Å²) in [5.41, 5.74) is 4.85. The van der Waals surface area contributed by atoms with Crippen LogP contribution >= 0.6 is 0 Å². The maximum atomic E-state index is 2.44. The first-order valence-corrected chi connectivity index (χ1v) is 8.97. The van der Waals surface area contributed by atoms with Gasteiger partial charge in [-0.25, -0.2) is 0 Å². The van der Waals surface area contributed by atoms with Crippen molar-refractivity contribution >= 4 is 0 Å². The summed E-state index contributed by atoms with van der Waals surface area (Å²) in [6.07, 6.45) is 8.97. The Morgan fingerprint density at radius 1 is 0.591 bits per heavy atom. The Kier molecular flexibility index (Phi) is 2.77. The SMILES string of the molecule is c1ccc(-c2ccc(C34CC5CC(CC(C5)C3)C4)cc2)cc1. The Bertz CT molecular complexity index is 630. The molecule has 0 aromatic heterocycles. The van der Waals surface area contributed by atoms with Crippen LogP contribution in [-0.2, 0) is 5.41 Å². The summed E-state index contributed by atoms with van der Waals surface area (Å²) >= 11 is 0. The van der Waals surface area contributed by atoms with Crippen molar-refractivity contribution in [3.63, 3.8) is 0 Å². The second-order valence-corrected chi connectivity index (χ2v) is 8.14. The maximum Gasteiger partial charge on any atom is -0.00391 e. The average molecular weight is 288 g/mol. The van der Waals surface area contributed by atoms with Gasteiger partial charge in [-0.3, -0.25) is 0 Å². The van der Waals surface area contributed by atoms with Crippen molar-refractivity contribution in [1.29, 1.82) is 0 Å². The molecule has 0 nitrogen and oxygen atoms in total. The molecule has 0 amide bonds. The van der Waals surface area contributed by atoms with Gasteiger partial charge in [0.15, 0.2) is 0 Å². The third-order valence-electron chi connectivity index (χ3n) is 6.64. The van der Waals surface area contributed by atoms with E-state index in [1.54, 1.807) is 5.56 Å². The third-order valence-corrected chi connectivity index (χ3v) is 6.64. The topological polar surface area (TPSA) is 0 Å². The molecule has 0 aliphatic heterocycles. The number of rotatable bonds is 2. The first kappa shape index (κ1) is 12.9. The van der Waals surface area contributed by atoms with Gasteiger partial charge in [0, 0.05) is 0 Å². The zero-order chi connectivity index (χ0) is 14.6. The molecular formula is C22H24. The van der Waals surface area contributed by atoms with Gasteiger partial charge in [-0.05, 0) is 78.4 Å². The summed E-state index contributed by atoms with van der Waals surface area (Å²) in [6, 6.07) is 20.3. The van der Waals surface area contributed by atoms with E-state index < -0.39 is 0 Å². The molecule has 0 spiro atoms. The molecule has 0 radical (unpaired) electrons. The Hall–Kier alpha value is -1.56. The molecule has 0 heterocycles. The van der Waals surface area contributed by atoms with Crippen LogP contribution in [0.15, 0.2) is 54.6 Å². The fraction of sp³-hybridized carbons (Fsp3) is 0.455. The Balaban J connectivity index is 1.49. The second-order valence-electron chi connectivity index (χ2n) is 8.14. The van der Waals surface area contributed by atoms with Crippen LogP contribution in [0.1, 0.15) is 44.1 Å². The summed E-state index contributed by atoms with van der Waals surface area (Å²) in [6.45, 7) is 0. The molecule has 4 bridgehead atoms. The molecule has 2 aromatic carbocycles. The van der Waals surface area contributed by atoms with Gasteiger partial charge in [0.1, 0.15) is 0 Å². The van der Waals surface area contributed by atoms with Crippen molar-refractivity contribution in [2.45, 2.75) is 43.9 Å². The van der Waals surface area contributed by atoms with E-state index in [0.717, 1.165) is 17.8 Å². The van der Waals surface area contributed by atoms with E-state index in [9.17, 15) is 0 Å². The van der Waals surface area contributed by atoms with E-state index in [1.165, 1.54) is 49.7 Å². The monoisotopic (exact) mass is 288 g/mol.